The third-order valence-corrected chi connectivity index (χ3v) is 3.91. The molecule has 0 radical (unpaired) electrons. The molecule has 0 heterocycles. The molecule has 0 amide bonds. The molecule has 0 aromatic heterocycles. The fraction of sp³-hybridized carbons (Fsp3) is 0.250. The maximum Gasteiger partial charge on any atom is 0.416 e. The Bertz CT molecular complexity index is 746. The highest BCUT2D eigenvalue weighted by Crippen LogP contribution is 2.32. The van der Waals surface area contributed by atoms with Crippen LogP contribution in [0.25, 0.3) is 0 Å². The third kappa shape index (κ3) is 5.12. The summed E-state index contributed by atoms with van der Waals surface area (Å²) >= 11 is -2.29. The number of halogens is 4. The van der Waals surface area contributed by atoms with E-state index < -0.39 is 40.5 Å². The van der Waals surface area contributed by atoms with Crippen molar-refractivity contribution in [2.24, 2.45) is 0 Å². The van der Waals surface area contributed by atoms with Gasteiger partial charge in [0.25, 0.3) is 0 Å². The average molecular weight is 362 g/mol. The molecule has 2 aromatic rings. The van der Waals surface area contributed by atoms with Crippen LogP contribution in [-0.4, -0.2) is 13.9 Å². The highest BCUT2D eigenvalue weighted by Gasteiger charge is 2.31. The second-order valence-electron chi connectivity index (χ2n) is 5.28. The molecule has 24 heavy (non-hydrogen) atoms. The molecule has 0 aliphatic rings. The van der Waals surface area contributed by atoms with E-state index in [9.17, 15) is 26.9 Å². The van der Waals surface area contributed by atoms with Gasteiger partial charge < -0.3 is 9.66 Å². The lowest BCUT2D eigenvalue weighted by atomic mass is 9.98. The molecule has 8 heteroatoms. The monoisotopic (exact) mass is 362 g/mol. The van der Waals surface area contributed by atoms with Gasteiger partial charge in [-0.15, -0.1) is 0 Å². The topological polar surface area (TPSA) is 57.5 Å². The predicted octanol–water partition coefficient (Wildman–Crippen LogP) is 3.84. The van der Waals surface area contributed by atoms with Gasteiger partial charge in [0, 0.05) is 6.42 Å². The number of aliphatic hydroxyl groups is 1. The Morgan fingerprint density at radius 1 is 1.08 bits per heavy atom. The summed E-state index contributed by atoms with van der Waals surface area (Å²) in [6.07, 6.45) is -6.00. The van der Waals surface area contributed by atoms with Crippen LogP contribution in [0.5, 0.6) is 0 Å². The summed E-state index contributed by atoms with van der Waals surface area (Å²) in [5.41, 5.74) is -0.555. The lowest BCUT2D eigenvalue weighted by Crippen LogP contribution is -2.09. The van der Waals surface area contributed by atoms with Crippen molar-refractivity contribution in [2.75, 3.05) is 0 Å². The summed E-state index contributed by atoms with van der Waals surface area (Å²) in [6, 6.07) is 8.13. The lowest BCUT2D eigenvalue weighted by molar-refractivity contribution is -0.137. The van der Waals surface area contributed by atoms with Crippen LogP contribution < -0.4 is 0 Å². The summed E-state index contributed by atoms with van der Waals surface area (Å²) in [5.74, 6) is -1.01. The van der Waals surface area contributed by atoms with Gasteiger partial charge in [0.15, 0.2) is 11.1 Å². The number of alkyl halides is 3. The Morgan fingerprint density at radius 3 is 2.33 bits per heavy atom. The molecule has 2 N–H and O–H groups in total. The zero-order valence-corrected chi connectivity index (χ0v) is 13.1. The molecule has 0 aliphatic heterocycles. The van der Waals surface area contributed by atoms with Crippen LogP contribution in [0, 0.1) is 5.82 Å². The van der Waals surface area contributed by atoms with E-state index in [2.05, 4.69) is 0 Å². The summed E-state index contributed by atoms with van der Waals surface area (Å²) in [6.45, 7) is 0. The maximum atomic E-state index is 13.2. The molecule has 2 atom stereocenters. The van der Waals surface area contributed by atoms with Crippen LogP contribution in [0.4, 0.5) is 17.6 Å². The molecule has 1 unspecified atom stereocenters. The molecule has 0 spiro atoms. The van der Waals surface area contributed by atoms with Crippen molar-refractivity contribution in [1.29, 1.82) is 0 Å². The Morgan fingerprint density at radius 2 is 1.75 bits per heavy atom. The number of aliphatic hydroxyl groups excluding tert-OH is 1. The first-order chi connectivity index (χ1) is 11.1. The zero-order chi connectivity index (χ0) is 17.9. The van der Waals surface area contributed by atoms with E-state index in [4.69, 9.17) is 4.55 Å². The van der Waals surface area contributed by atoms with E-state index in [0.29, 0.717) is 0 Å². The Kier molecular flexibility index (Phi) is 5.74. The molecule has 0 aliphatic carbocycles. The second kappa shape index (κ2) is 7.42. The minimum absolute atomic E-state index is 0.0344. The Balaban J connectivity index is 2.32. The molecule has 0 fully saturated rings. The van der Waals surface area contributed by atoms with Gasteiger partial charge in [0.2, 0.25) is 0 Å². The summed E-state index contributed by atoms with van der Waals surface area (Å²) in [7, 11) is 0. The first-order valence-electron chi connectivity index (χ1n) is 6.86. The van der Waals surface area contributed by atoms with Crippen molar-refractivity contribution in [3.8, 4) is 0 Å². The van der Waals surface area contributed by atoms with Crippen LogP contribution in [0.1, 0.15) is 28.4 Å². The minimum atomic E-state index is -4.62. The van der Waals surface area contributed by atoms with E-state index in [1.54, 1.807) is 0 Å². The van der Waals surface area contributed by atoms with Crippen molar-refractivity contribution in [3.63, 3.8) is 0 Å². The molecular weight excluding hydrogens is 348 g/mol. The molecule has 2 aromatic carbocycles. The maximum absolute atomic E-state index is 13.2. The third-order valence-electron chi connectivity index (χ3n) is 3.33. The van der Waals surface area contributed by atoms with Crippen molar-refractivity contribution in [2.45, 2.75) is 24.5 Å². The van der Waals surface area contributed by atoms with Gasteiger partial charge >= 0.3 is 6.18 Å². The van der Waals surface area contributed by atoms with Gasteiger partial charge in [-0.3, -0.25) is 0 Å². The molecule has 3 nitrogen and oxygen atoms in total. The van der Waals surface area contributed by atoms with E-state index in [1.165, 1.54) is 24.3 Å². The number of benzene rings is 2. The smallest absolute Gasteiger partial charge is 0.388 e. The van der Waals surface area contributed by atoms with Crippen molar-refractivity contribution >= 4 is 11.1 Å². The minimum Gasteiger partial charge on any atom is -0.388 e. The van der Waals surface area contributed by atoms with E-state index in [0.717, 1.165) is 18.2 Å². The fourth-order valence-electron chi connectivity index (χ4n) is 2.33. The van der Waals surface area contributed by atoms with Gasteiger partial charge in [0.1, 0.15) is 5.82 Å². The average Bonchev–Trinajstić information content (AvgIpc) is 2.45. The number of rotatable bonds is 5. The normalized spacial score (nSPS) is 14.4. The standard InChI is InChI=1S/C16H14F4O3S/c17-14-3-1-2-12(8-14)15(21)7-10-4-11(9-24(22)23)6-13(5-10)16(18,19)20/h1-6,8,15,21H,7,9H2,(H,22,23)/t15-/m1/s1. The van der Waals surface area contributed by atoms with E-state index in [1.807, 2.05) is 0 Å². The van der Waals surface area contributed by atoms with Gasteiger partial charge in [-0.1, -0.05) is 18.2 Å². The summed E-state index contributed by atoms with van der Waals surface area (Å²) in [5, 5.41) is 10.1. The van der Waals surface area contributed by atoms with Crippen LogP contribution in [0.2, 0.25) is 0 Å². The summed E-state index contributed by atoms with van der Waals surface area (Å²) in [4.78, 5) is 0. The lowest BCUT2D eigenvalue weighted by Gasteiger charge is -2.15. The van der Waals surface area contributed by atoms with Crippen LogP contribution in [0.15, 0.2) is 42.5 Å². The first-order valence-corrected chi connectivity index (χ1v) is 8.14. The Hall–Kier alpha value is -1.77. The van der Waals surface area contributed by atoms with Crippen molar-refractivity contribution in [1.82, 2.24) is 0 Å². The predicted molar refractivity (Wildman–Crippen MR) is 81.0 cm³/mol. The van der Waals surface area contributed by atoms with Gasteiger partial charge in [-0.05, 0) is 41.0 Å². The molecule has 130 valence electrons. The van der Waals surface area contributed by atoms with Crippen LogP contribution >= 0.6 is 0 Å². The van der Waals surface area contributed by atoms with Gasteiger partial charge in [0.05, 0.1) is 17.4 Å². The molecule has 0 bridgehead atoms. The SMILES string of the molecule is O=S(O)Cc1cc(C[C@@H](O)c2cccc(F)c2)cc(C(F)(F)F)c1. The quantitative estimate of drug-likeness (QED) is 0.628. The largest absolute Gasteiger partial charge is 0.416 e. The van der Waals surface area contributed by atoms with Crippen LogP contribution in [-0.2, 0) is 29.4 Å². The summed E-state index contributed by atoms with van der Waals surface area (Å²) < 4.78 is 71.8. The first kappa shape index (κ1) is 18.6. The highest BCUT2D eigenvalue weighted by atomic mass is 32.2. The Labute approximate surface area is 138 Å². The molecule has 0 saturated carbocycles. The number of hydrogen-bond donors (Lipinski definition) is 2. The van der Waals surface area contributed by atoms with Gasteiger partial charge in [-0.2, -0.15) is 13.2 Å². The molecular formula is C16H14F4O3S. The zero-order valence-electron chi connectivity index (χ0n) is 12.3. The van der Waals surface area contributed by atoms with Crippen molar-refractivity contribution < 1.29 is 31.4 Å². The second-order valence-corrected chi connectivity index (χ2v) is 6.21. The van der Waals surface area contributed by atoms with E-state index in [-0.39, 0.29) is 23.1 Å². The highest BCUT2D eigenvalue weighted by molar-refractivity contribution is 7.78. The fourth-order valence-corrected chi connectivity index (χ4v) is 2.78. The van der Waals surface area contributed by atoms with Crippen molar-refractivity contribution in [3.05, 3.63) is 70.5 Å². The molecule has 2 rings (SSSR count). The van der Waals surface area contributed by atoms with Crippen LogP contribution in [0.3, 0.4) is 0 Å². The van der Waals surface area contributed by atoms with E-state index >= 15 is 0 Å². The number of hydrogen-bond acceptors (Lipinski definition) is 2. The molecule has 0 saturated heterocycles. The van der Waals surface area contributed by atoms with Gasteiger partial charge in [-0.25, -0.2) is 8.60 Å².